The van der Waals surface area contributed by atoms with Crippen LogP contribution in [0.3, 0.4) is 0 Å². The molecule has 1 saturated carbocycles. The van der Waals surface area contributed by atoms with Crippen molar-refractivity contribution in [2.45, 2.75) is 25.4 Å². The maximum atomic E-state index is 11.4. The zero-order valence-corrected chi connectivity index (χ0v) is 8.35. The molecule has 1 aliphatic carbocycles. The monoisotopic (exact) mass is 210 g/mol. The summed E-state index contributed by atoms with van der Waals surface area (Å²) in [6.07, 6.45) is 3.99. The number of nitrogens with one attached hydrogen (secondary N) is 1. The normalized spacial score (nSPS) is 25.4. The first-order valence-corrected chi connectivity index (χ1v) is 5.14. The minimum atomic E-state index is -0.278. The van der Waals surface area contributed by atoms with Gasteiger partial charge >= 0.3 is 0 Å². The molecule has 1 fully saturated rings. The number of hydrogen-bond acceptors (Lipinski definition) is 4. The Morgan fingerprint density at radius 2 is 2.53 bits per heavy atom. The van der Waals surface area contributed by atoms with E-state index in [4.69, 9.17) is 4.52 Å². The van der Waals surface area contributed by atoms with Crippen LogP contribution >= 0.6 is 0 Å². The number of aromatic nitrogens is 1. The number of carbonyl (C=O) groups excluding carboxylic acids is 1. The third kappa shape index (κ3) is 2.36. The van der Waals surface area contributed by atoms with Gasteiger partial charge in [0.1, 0.15) is 0 Å². The molecule has 5 nitrogen and oxygen atoms in total. The lowest BCUT2D eigenvalue weighted by Gasteiger charge is -2.14. The molecule has 0 spiro atoms. The first-order valence-electron chi connectivity index (χ1n) is 5.14. The van der Waals surface area contributed by atoms with Gasteiger partial charge in [-0.1, -0.05) is 11.6 Å². The summed E-state index contributed by atoms with van der Waals surface area (Å²) in [5.74, 6) is 0.117. The zero-order chi connectivity index (χ0) is 10.7. The van der Waals surface area contributed by atoms with Crippen LogP contribution < -0.4 is 5.32 Å². The van der Waals surface area contributed by atoms with Gasteiger partial charge in [0.25, 0.3) is 5.91 Å². The van der Waals surface area contributed by atoms with Crippen molar-refractivity contribution < 1.29 is 14.4 Å². The number of nitrogens with zero attached hydrogens (tertiary/aromatic N) is 1. The molecule has 0 aromatic carbocycles. The summed E-state index contributed by atoms with van der Waals surface area (Å²) in [7, 11) is 0. The van der Waals surface area contributed by atoms with Gasteiger partial charge in [-0.3, -0.25) is 4.79 Å². The molecule has 0 bridgehead atoms. The molecule has 1 heterocycles. The van der Waals surface area contributed by atoms with Crippen molar-refractivity contribution >= 4 is 5.91 Å². The average molecular weight is 210 g/mol. The fourth-order valence-corrected chi connectivity index (χ4v) is 1.90. The fourth-order valence-electron chi connectivity index (χ4n) is 1.90. The molecule has 15 heavy (non-hydrogen) atoms. The molecule has 0 saturated heterocycles. The lowest BCUT2D eigenvalue weighted by Crippen LogP contribution is -2.32. The van der Waals surface area contributed by atoms with E-state index < -0.39 is 0 Å². The largest absolute Gasteiger partial charge is 0.393 e. The van der Waals surface area contributed by atoms with Gasteiger partial charge in [0.05, 0.1) is 12.3 Å². The predicted molar refractivity (Wildman–Crippen MR) is 52.2 cm³/mol. The number of hydrogen-bond donors (Lipinski definition) is 2. The van der Waals surface area contributed by atoms with Gasteiger partial charge in [-0.25, -0.2) is 0 Å². The highest BCUT2D eigenvalue weighted by Gasteiger charge is 2.25. The van der Waals surface area contributed by atoms with Crippen molar-refractivity contribution in [3.63, 3.8) is 0 Å². The molecule has 82 valence electrons. The van der Waals surface area contributed by atoms with E-state index >= 15 is 0 Å². The maximum Gasteiger partial charge on any atom is 0.289 e. The molecule has 2 N–H and O–H groups in total. The molecule has 1 aliphatic rings. The molecule has 0 radical (unpaired) electrons. The molecule has 2 rings (SSSR count). The lowest BCUT2D eigenvalue weighted by atomic mass is 10.1. The molecule has 1 amide bonds. The summed E-state index contributed by atoms with van der Waals surface area (Å²) in [5, 5.41) is 15.7. The molecule has 1 aromatic rings. The number of aliphatic hydroxyl groups is 1. The molecule has 2 unspecified atom stereocenters. The molecule has 1 aromatic heterocycles. The van der Waals surface area contributed by atoms with E-state index in [1.807, 2.05) is 0 Å². The van der Waals surface area contributed by atoms with Crippen LogP contribution in [0.15, 0.2) is 16.8 Å². The summed E-state index contributed by atoms with van der Waals surface area (Å²) in [6.45, 7) is 0.501. The SMILES string of the molecule is O=C(NCC1CCCC1O)c1ccno1. The second-order valence-electron chi connectivity index (χ2n) is 3.85. The Hall–Kier alpha value is -1.36. The van der Waals surface area contributed by atoms with Crippen molar-refractivity contribution in [3.8, 4) is 0 Å². The van der Waals surface area contributed by atoms with Gasteiger partial charge in [0.15, 0.2) is 0 Å². The minimum Gasteiger partial charge on any atom is -0.393 e. The lowest BCUT2D eigenvalue weighted by molar-refractivity contribution is 0.0881. The van der Waals surface area contributed by atoms with Crippen LogP contribution in [0, 0.1) is 5.92 Å². The van der Waals surface area contributed by atoms with E-state index in [0.717, 1.165) is 19.3 Å². The Labute approximate surface area is 87.5 Å². The molecular weight excluding hydrogens is 196 g/mol. The van der Waals surface area contributed by atoms with E-state index in [1.54, 1.807) is 0 Å². The first kappa shape index (κ1) is 10.2. The van der Waals surface area contributed by atoms with Crippen LogP contribution in [0.5, 0.6) is 0 Å². The molecule has 5 heteroatoms. The molecule has 2 atom stereocenters. The average Bonchev–Trinajstić information content (AvgIpc) is 2.85. The Morgan fingerprint density at radius 1 is 1.67 bits per heavy atom. The first-order chi connectivity index (χ1) is 7.27. The number of aliphatic hydroxyl groups excluding tert-OH is 1. The van der Waals surface area contributed by atoms with Crippen molar-refractivity contribution in [1.29, 1.82) is 0 Å². The smallest absolute Gasteiger partial charge is 0.289 e. The van der Waals surface area contributed by atoms with Gasteiger partial charge < -0.3 is 14.9 Å². The predicted octanol–water partition coefficient (Wildman–Crippen LogP) is 0.565. The van der Waals surface area contributed by atoms with Crippen LogP contribution in [0.2, 0.25) is 0 Å². The van der Waals surface area contributed by atoms with E-state index in [9.17, 15) is 9.90 Å². The van der Waals surface area contributed by atoms with Crippen molar-refractivity contribution in [1.82, 2.24) is 10.5 Å². The van der Waals surface area contributed by atoms with Gasteiger partial charge in [0.2, 0.25) is 5.76 Å². The van der Waals surface area contributed by atoms with Crippen molar-refractivity contribution in [2.24, 2.45) is 5.92 Å². The van der Waals surface area contributed by atoms with Gasteiger partial charge in [-0.05, 0) is 12.8 Å². The molecule has 0 aliphatic heterocycles. The summed E-state index contributed by atoms with van der Waals surface area (Å²) >= 11 is 0. The Morgan fingerprint density at radius 3 is 3.13 bits per heavy atom. The van der Waals surface area contributed by atoms with Gasteiger partial charge in [0, 0.05) is 18.5 Å². The second-order valence-corrected chi connectivity index (χ2v) is 3.85. The minimum absolute atomic E-state index is 0.178. The van der Waals surface area contributed by atoms with Crippen LogP contribution in [0.25, 0.3) is 0 Å². The second kappa shape index (κ2) is 4.44. The van der Waals surface area contributed by atoms with E-state index in [0.29, 0.717) is 6.54 Å². The maximum absolute atomic E-state index is 11.4. The zero-order valence-electron chi connectivity index (χ0n) is 8.35. The Kier molecular flexibility index (Phi) is 3.01. The van der Waals surface area contributed by atoms with Crippen LogP contribution in [0.4, 0.5) is 0 Å². The summed E-state index contributed by atoms with van der Waals surface area (Å²) in [6, 6.07) is 1.51. The summed E-state index contributed by atoms with van der Waals surface area (Å²) in [4.78, 5) is 11.4. The highest BCUT2D eigenvalue weighted by molar-refractivity contribution is 5.91. The van der Waals surface area contributed by atoms with Crippen LogP contribution in [0.1, 0.15) is 29.8 Å². The van der Waals surface area contributed by atoms with E-state index in [1.165, 1.54) is 12.3 Å². The number of amides is 1. The summed E-state index contributed by atoms with van der Waals surface area (Å²) < 4.78 is 4.71. The van der Waals surface area contributed by atoms with E-state index in [-0.39, 0.29) is 23.7 Å². The third-order valence-corrected chi connectivity index (χ3v) is 2.81. The van der Waals surface area contributed by atoms with Crippen molar-refractivity contribution in [3.05, 3.63) is 18.0 Å². The fraction of sp³-hybridized carbons (Fsp3) is 0.600. The summed E-state index contributed by atoms with van der Waals surface area (Å²) in [5.41, 5.74) is 0. The number of rotatable bonds is 3. The third-order valence-electron chi connectivity index (χ3n) is 2.81. The highest BCUT2D eigenvalue weighted by atomic mass is 16.5. The Bertz CT molecular complexity index is 323. The highest BCUT2D eigenvalue weighted by Crippen LogP contribution is 2.24. The van der Waals surface area contributed by atoms with Gasteiger partial charge in [-0.15, -0.1) is 0 Å². The van der Waals surface area contributed by atoms with Gasteiger partial charge in [-0.2, -0.15) is 0 Å². The van der Waals surface area contributed by atoms with E-state index in [2.05, 4.69) is 10.5 Å². The molecular formula is C10H14N2O3. The van der Waals surface area contributed by atoms with Crippen molar-refractivity contribution in [2.75, 3.05) is 6.54 Å². The topological polar surface area (TPSA) is 75.4 Å². The number of carbonyl (C=O) groups is 1. The Balaban J connectivity index is 1.81. The quantitative estimate of drug-likeness (QED) is 0.764. The standard InChI is InChI=1S/C10H14N2O3/c13-8-3-1-2-7(8)6-11-10(14)9-4-5-12-15-9/h4-5,7-8,13H,1-3,6H2,(H,11,14). The van der Waals surface area contributed by atoms with Crippen LogP contribution in [-0.2, 0) is 0 Å². The van der Waals surface area contributed by atoms with Crippen LogP contribution in [-0.4, -0.2) is 28.8 Å².